The van der Waals surface area contributed by atoms with Crippen LogP contribution in [0.3, 0.4) is 0 Å². The van der Waals surface area contributed by atoms with Crippen molar-refractivity contribution in [1.82, 2.24) is 4.98 Å². The van der Waals surface area contributed by atoms with E-state index in [9.17, 15) is 0 Å². The molecule has 2 aromatic rings. The van der Waals surface area contributed by atoms with E-state index in [0.29, 0.717) is 5.02 Å². The van der Waals surface area contributed by atoms with Gasteiger partial charge < -0.3 is 0 Å². The second-order valence-corrected chi connectivity index (χ2v) is 5.79. The average molecular weight is 335 g/mol. The third kappa shape index (κ3) is 3.14. The van der Waals surface area contributed by atoms with Crippen molar-refractivity contribution in [3.05, 3.63) is 51.0 Å². The lowest BCUT2D eigenvalue weighted by Gasteiger charge is -2.03. The minimum absolute atomic E-state index is 0.618. The summed E-state index contributed by atoms with van der Waals surface area (Å²) in [6.07, 6.45) is 1.63. The van der Waals surface area contributed by atoms with Gasteiger partial charge in [0.05, 0.1) is 9.50 Å². The van der Waals surface area contributed by atoms with E-state index in [4.69, 9.17) is 23.2 Å². The standard InChI is InChI=1S/C11H6BrCl2NS/c12-10-5-8(14)6-15-11(10)16-9-3-1-7(13)2-4-9/h1-6H. The Kier molecular flexibility index (Phi) is 4.14. The van der Waals surface area contributed by atoms with Crippen molar-refractivity contribution in [2.24, 2.45) is 0 Å². The molecule has 0 bridgehead atoms. The highest BCUT2D eigenvalue weighted by Gasteiger charge is 2.04. The molecule has 2 rings (SSSR count). The molecule has 5 heteroatoms. The summed E-state index contributed by atoms with van der Waals surface area (Å²) >= 11 is 16.6. The summed E-state index contributed by atoms with van der Waals surface area (Å²) in [4.78, 5) is 5.33. The smallest absolute Gasteiger partial charge is 0.115 e. The molecule has 0 saturated carbocycles. The van der Waals surface area contributed by atoms with E-state index >= 15 is 0 Å². The number of nitrogens with zero attached hydrogens (tertiary/aromatic N) is 1. The van der Waals surface area contributed by atoms with Crippen LogP contribution < -0.4 is 0 Å². The van der Waals surface area contributed by atoms with Crippen LogP contribution in [-0.4, -0.2) is 4.98 Å². The SMILES string of the molecule is Clc1ccc(Sc2ncc(Cl)cc2Br)cc1. The van der Waals surface area contributed by atoms with E-state index in [1.165, 1.54) is 0 Å². The maximum atomic E-state index is 5.82. The summed E-state index contributed by atoms with van der Waals surface area (Å²) in [5.41, 5.74) is 0. The largest absolute Gasteiger partial charge is 0.247 e. The molecule has 1 aromatic carbocycles. The first kappa shape index (κ1) is 12.2. The van der Waals surface area contributed by atoms with Gasteiger partial charge in [0.2, 0.25) is 0 Å². The van der Waals surface area contributed by atoms with Gasteiger partial charge in [-0.1, -0.05) is 35.0 Å². The molecule has 0 aliphatic rings. The Labute approximate surface area is 116 Å². The zero-order valence-corrected chi connectivity index (χ0v) is 11.9. The van der Waals surface area contributed by atoms with Gasteiger partial charge >= 0.3 is 0 Å². The molecule has 0 atom stereocenters. The van der Waals surface area contributed by atoms with Crippen LogP contribution in [0, 0.1) is 0 Å². The zero-order valence-electron chi connectivity index (χ0n) is 7.95. The lowest BCUT2D eigenvalue weighted by Crippen LogP contribution is -1.81. The monoisotopic (exact) mass is 333 g/mol. The van der Waals surface area contributed by atoms with E-state index in [1.54, 1.807) is 18.0 Å². The highest BCUT2D eigenvalue weighted by molar-refractivity contribution is 9.10. The normalized spacial score (nSPS) is 10.4. The zero-order chi connectivity index (χ0) is 11.5. The number of pyridine rings is 1. The van der Waals surface area contributed by atoms with Gasteiger partial charge in [0.1, 0.15) is 5.03 Å². The Bertz CT molecular complexity index is 502. The second kappa shape index (κ2) is 5.41. The van der Waals surface area contributed by atoms with Gasteiger partial charge in [-0.25, -0.2) is 4.98 Å². The van der Waals surface area contributed by atoms with Crippen LogP contribution in [0.15, 0.2) is 50.9 Å². The predicted molar refractivity (Wildman–Crippen MR) is 72.5 cm³/mol. The van der Waals surface area contributed by atoms with Crippen LogP contribution in [0.1, 0.15) is 0 Å². The maximum Gasteiger partial charge on any atom is 0.115 e. The van der Waals surface area contributed by atoms with Gasteiger partial charge in [-0.3, -0.25) is 0 Å². The van der Waals surface area contributed by atoms with Crippen LogP contribution in [0.4, 0.5) is 0 Å². The summed E-state index contributed by atoms with van der Waals surface area (Å²) in [7, 11) is 0. The quantitative estimate of drug-likeness (QED) is 0.738. The highest BCUT2D eigenvalue weighted by Crippen LogP contribution is 2.33. The van der Waals surface area contributed by atoms with Crippen LogP contribution in [0.5, 0.6) is 0 Å². The molecular weight excluding hydrogens is 329 g/mol. The number of hydrogen-bond acceptors (Lipinski definition) is 2. The molecule has 1 aromatic heterocycles. The highest BCUT2D eigenvalue weighted by atomic mass is 79.9. The molecule has 0 saturated heterocycles. The summed E-state index contributed by atoms with van der Waals surface area (Å²) in [6, 6.07) is 9.44. The van der Waals surface area contributed by atoms with Gasteiger partial charge in [-0.2, -0.15) is 0 Å². The Morgan fingerprint density at radius 1 is 1.06 bits per heavy atom. The topological polar surface area (TPSA) is 12.9 Å². The molecule has 1 nitrogen and oxygen atoms in total. The molecule has 0 unspecified atom stereocenters. The predicted octanol–water partition coefficient (Wildman–Crippen LogP) is 5.30. The minimum atomic E-state index is 0.618. The van der Waals surface area contributed by atoms with Crippen molar-refractivity contribution in [2.75, 3.05) is 0 Å². The molecule has 0 radical (unpaired) electrons. The molecule has 0 aliphatic heterocycles. The third-order valence-electron chi connectivity index (χ3n) is 1.80. The van der Waals surface area contributed by atoms with Gasteiger partial charge in [-0.15, -0.1) is 0 Å². The number of benzene rings is 1. The fourth-order valence-corrected chi connectivity index (χ4v) is 2.86. The van der Waals surface area contributed by atoms with E-state index < -0.39 is 0 Å². The number of hydrogen-bond donors (Lipinski definition) is 0. The minimum Gasteiger partial charge on any atom is -0.247 e. The Hall–Kier alpha value is -0.220. The summed E-state index contributed by atoms with van der Waals surface area (Å²) in [5, 5.41) is 2.23. The number of aromatic nitrogens is 1. The van der Waals surface area contributed by atoms with Gasteiger partial charge in [-0.05, 0) is 46.3 Å². The molecule has 0 spiro atoms. The van der Waals surface area contributed by atoms with Gasteiger partial charge in [0.25, 0.3) is 0 Å². The van der Waals surface area contributed by atoms with Crippen LogP contribution >= 0.6 is 50.9 Å². The Balaban J connectivity index is 2.23. The summed E-state index contributed by atoms with van der Waals surface area (Å²) in [5.74, 6) is 0. The molecule has 0 N–H and O–H groups in total. The average Bonchev–Trinajstić information content (AvgIpc) is 2.25. The number of rotatable bonds is 2. The molecule has 0 aliphatic carbocycles. The van der Waals surface area contributed by atoms with Crippen molar-refractivity contribution in [2.45, 2.75) is 9.92 Å². The van der Waals surface area contributed by atoms with E-state index in [1.807, 2.05) is 30.3 Å². The van der Waals surface area contributed by atoms with E-state index in [-0.39, 0.29) is 0 Å². The second-order valence-electron chi connectivity index (χ2n) is 3.00. The lowest BCUT2D eigenvalue weighted by molar-refractivity contribution is 1.11. The summed E-state index contributed by atoms with van der Waals surface area (Å²) < 4.78 is 0.889. The fraction of sp³-hybridized carbons (Fsp3) is 0. The van der Waals surface area contributed by atoms with Gasteiger partial charge in [0.15, 0.2) is 0 Å². The Morgan fingerprint density at radius 2 is 1.75 bits per heavy atom. The van der Waals surface area contributed by atoms with E-state index in [2.05, 4.69) is 20.9 Å². The first-order valence-electron chi connectivity index (χ1n) is 4.39. The first-order chi connectivity index (χ1) is 7.65. The lowest BCUT2D eigenvalue weighted by atomic mass is 10.4. The fourth-order valence-electron chi connectivity index (χ4n) is 1.09. The van der Waals surface area contributed by atoms with Crippen molar-refractivity contribution in [3.8, 4) is 0 Å². The van der Waals surface area contributed by atoms with Crippen molar-refractivity contribution >= 4 is 50.9 Å². The molecule has 82 valence electrons. The molecular formula is C11H6BrCl2NS. The van der Waals surface area contributed by atoms with E-state index in [0.717, 1.165) is 19.4 Å². The first-order valence-corrected chi connectivity index (χ1v) is 6.76. The molecule has 0 fully saturated rings. The van der Waals surface area contributed by atoms with Crippen LogP contribution in [0.2, 0.25) is 10.0 Å². The van der Waals surface area contributed by atoms with Crippen molar-refractivity contribution in [1.29, 1.82) is 0 Å². The van der Waals surface area contributed by atoms with Crippen molar-refractivity contribution < 1.29 is 0 Å². The third-order valence-corrected chi connectivity index (χ3v) is 4.15. The Morgan fingerprint density at radius 3 is 2.38 bits per heavy atom. The van der Waals surface area contributed by atoms with Gasteiger partial charge in [0, 0.05) is 16.1 Å². The van der Waals surface area contributed by atoms with Crippen LogP contribution in [0.25, 0.3) is 0 Å². The summed E-state index contributed by atoms with van der Waals surface area (Å²) in [6.45, 7) is 0. The molecule has 16 heavy (non-hydrogen) atoms. The molecule has 1 heterocycles. The maximum absolute atomic E-state index is 5.82. The van der Waals surface area contributed by atoms with Crippen LogP contribution in [-0.2, 0) is 0 Å². The van der Waals surface area contributed by atoms with Crippen molar-refractivity contribution in [3.63, 3.8) is 0 Å². The molecule has 0 amide bonds. The number of halogens is 3.